The van der Waals surface area contributed by atoms with Crippen molar-refractivity contribution in [1.82, 2.24) is 9.97 Å². The third-order valence-electron chi connectivity index (χ3n) is 3.96. The molecule has 7 heteroatoms. The van der Waals surface area contributed by atoms with Crippen LogP contribution in [0.2, 0.25) is 0 Å². The predicted octanol–water partition coefficient (Wildman–Crippen LogP) is 4.13. The molecule has 3 aromatic rings. The molecule has 0 saturated heterocycles. The number of benzene rings is 1. The zero-order valence-corrected chi connectivity index (χ0v) is 15.6. The van der Waals surface area contributed by atoms with Gasteiger partial charge in [0.15, 0.2) is 5.13 Å². The second-order valence-electron chi connectivity index (χ2n) is 5.90. The molecule has 0 atom stereocenters. The first-order valence-corrected chi connectivity index (χ1v) is 8.96. The number of nitrogens with one attached hydrogen (secondary N) is 1. The van der Waals surface area contributed by atoms with Gasteiger partial charge in [-0.3, -0.25) is 9.69 Å². The molecule has 0 unspecified atom stereocenters. The van der Waals surface area contributed by atoms with Crippen molar-refractivity contribution in [3.63, 3.8) is 0 Å². The zero-order chi connectivity index (χ0) is 18.7. The quantitative estimate of drug-likeness (QED) is 0.686. The Hall–Kier alpha value is -2.93. The minimum atomic E-state index is -0.442. The molecule has 1 amide bonds. The van der Waals surface area contributed by atoms with Crippen molar-refractivity contribution in [2.75, 3.05) is 4.90 Å². The number of carbonyl (C=O) groups excluding carboxylic acids is 2. The SMILES string of the molecule is CC(=O)N(c1ccc(C)c(C)c1)c1nc(COC(=O)c2ccc[nH]2)cs1. The highest BCUT2D eigenvalue weighted by Crippen LogP contribution is 2.30. The van der Waals surface area contributed by atoms with Crippen LogP contribution >= 0.6 is 11.3 Å². The Morgan fingerprint density at radius 3 is 2.69 bits per heavy atom. The van der Waals surface area contributed by atoms with Crippen molar-refractivity contribution in [1.29, 1.82) is 0 Å². The Balaban J connectivity index is 1.76. The highest BCUT2D eigenvalue weighted by atomic mass is 32.1. The molecule has 6 nitrogen and oxygen atoms in total. The summed E-state index contributed by atoms with van der Waals surface area (Å²) in [7, 11) is 0. The van der Waals surface area contributed by atoms with Crippen LogP contribution in [0.15, 0.2) is 41.9 Å². The van der Waals surface area contributed by atoms with E-state index in [9.17, 15) is 9.59 Å². The van der Waals surface area contributed by atoms with Crippen LogP contribution in [0.4, 0.5) is 10.8 Å². The number of anilines is 2. The highest BCUT2D eigenvalue weighted by molar-refractivity contribution is 7.14. The van der Waals surface area contributed by atoms with E-state index in [4.69, 9.17) is 4.74 Å². The van der Waals surface area contributed by atoms with Gasteiger partial charge in [0.05, 0.1) is 11.4 Å². The summed E-state index contributed by atoms with van der Waals surface area (Å²) in [6.07, 6.45) is 1.66. The van der Waals surface area contributed by atoms with Crippen molar-refractivity contribution in [2.45, 2.75) is 27.4 Å². The topological polar surface area (TPSA) is 75.3 Å². The van der Waals surface area contributed by atoms with E-state index in [0.717, 1.165) is 16.8 Å². The first kappa shape index (κ1) is 17.9. The number of thiazole rings is 1. The Labute approximate surface area is 155 Å². The monoisotopic (exact) mass is 369 g/mol. The van der Waals surface area contributed by atoms with Gasteiger partial charge in [0.2, 0.25) is 5.91 Å². The van der Waals surface area contributed by atoms with Crippen molar-refractivity contribution < 1.29 is 14.3 Å². The summed E-state index contributed by atoms with van der Waals surface area (Å²) in [4.78, 5) is 32.9. The molecular weight excluding hydrogens is 350 g/mol. The molecular formula is C19H19N3O3S. The molecule has 3 rings (SSSR count). The van der Waals surface area contributed by atoms with E-state index in [0.29, 0.717) is 16.5 Å². The van der Waals surface area contributed by atoms with E-state index in [1.807, 2.05) is 32.0 Å². The maximum atomic E-state index is 12.2. The van der Waals surface area contributed by atoms with Crippen LogP contribution in [0.25, 0.3) is 0 Å². The fourth-order valence-corrected chi connectivity index (χ4v) is 3.30. The maximum Gasteiger partial charge on any atom is 0.355 e. The molecule has 0 radical (unpaired) electrons. The van der Waals surface area contributed by atoms with Crippen molar-refractivity contribution in [3.8, 4) is 0 Å². The Kier molecular flexibility index (Phi) is 5.18. The van der Waals surface area contributed by atoms with Gasteiger partial charge in [0, 0.05) is 18.5 Å². The van der Waals surface area contributed by atoms with Crippen LogP contribution in [0.3, 0.4) is 0 Å². The van der Waals surface area contributed by atoms with Crippen molar-refractivity contribution >= 4 is 34.0 Å². The molecule has 0 saturated carbocycles. The Morgan fingerprint density at radius 1 is 1.23 bits per heavy atom. The average molecular weight is 369 g/mol. The van der Waals surface area contributed by atoms with E-state index >= 15 is 0 Å². The lowest BCUT2D eigenvalue weighted by Gasteiger charge is -2.19. The number of rotatable bonds is 5. The van der Waals surface area contributed by atoms with Crippen LogP contribution in [-0.2, 0) is 16.1 Å². The lowest BCUT2D eigenvalue weighted by atomic mass is 10.1. The largest absolute Gasteiger partial charge is 0.454 e. The smallest absolute Gasteiger partial charge is 0.355 e. The minimum absolute atomic E-state index is 0.0486. The summed E-state index contributed by atoms with van der Waals surface area (Å²) in [6, 6.07) is 9.21. The van der Waals surface area contributed by atoms with Crippen molar-refractivity contribution in [3.05, 3.63) is 64.4 Å². The Morgan fingerprint density at radius 2 is 2.04 bits per heavy atom. The predicted molar refractivity (Wildman–Crippen MR) is 101 cm³/mol. The highest BCUT2D eigenvalue weighted by Gasteiger charge is 2.19. The molecule has 134 valence electrons. The number of nitrogens with zero attached hydrogens (tertiary/aromatic N) is 2. The van der Waals surface area contributed by atoms with Gasteiger partial charge in [-0.05, 0) is 49.2 Å². The number of H-pyrrole nitrogens is 1. The summed E-state index contributed by atoms with van der Waals surface area (Å²) < 4.78 is 5.24. The second-order valence-corrected chi connectivity index (χ2v) is 6.74. The van der Waals surface area contributed by atoms with Gasteiger partial charge in [-0.15, -0.1) is 11.3 Å². The van der Waals surface area contributed by atoms with Crippen LogP contribution in [-0.4, -0.2) is 21.8 Å². The van der Waals surface area contributed by atoms with Gasteiger partial charge < -0.3 is 9.72 Å². The summed E-state index contributed by atoms with van der Waals surface area (Å²) in [6.45, 7) is 5.58. The number of aromatic nitrogens is 2. The summed E-state index contributed by atoms with van der Waals surface area (Å²) in [5, 5.41) is 2.33. The number of hydrogen-bond donors (Lipinski definition) is 1. The lowest BCUT2D eigenvalue weighted by Crippen LogP contribution is -2.22. The van der Waals surface area contributed by atoms with E-state index in [2.05, 4.69) is 9.97 Å². The lowest BCUT2D eigenvalue weighted by molar-refractivity contribution is -0.115. The number of amides is 1. The van der Waals surface area contributed by atoms with Gasteiger partial charge in [-0.1, -0.05) is 6.07 Å². The number of esters is 1. The number of carbonyl (C=O) groups is 2. The van der Waals surface area contributed by atoms with Crippen LogP contribution in [0, 0.1) is 13.8 Å². The molecule has 2 aromatic heterocycles. The van der Waals surface area contributed by atoms with Crippen molar-refractivity contribution in [2.24, 2.45) is 0 Å². The van der Waals surface area contributed by atoms with Gasteiger partial charge in [0.1, 0.15) is 12.3 Å². The fraction of sp³-hybridized carbons (Fsp3) is 0.211. The Bertz CT molecular complexity index is 931. The third-order valence-corrected chi connectivity index (χ3v) is 4.84. The van der Waals surface area contributed by atoms with Gasteiger partial charge in [-0.25, -0.2) is 9.78 Å². The van der Waals surface area contributed by atoms with E-state index in [1.165, 1.54) is 18.3 Å². The van der Waals surface area contributed by atoms with E-state index < -0.39 is 5.97 Å². The summed E-state index contributed by atoms with van der Waals surface area (Å²) in [5.74, 6) is -0.570. The summed E-state index contributed by atoms with van der Waals surface area (Å²) in [5.41, 5.74) is 4.02. The molecule has 26 heavy (non-hydrogen) atoms. The normalized spacial score (nSPS) is 10.6. The van der Waals surface area contributed by atoms with Gasteiger partial charge >= 0.3 is 5.97 Å². The first-order valence-electron chi connectivity index (χ1n) is 8.08. The minimum Gasteiger partial charge on any atom is -0.454 e. The molecule has 0 aliphatic rings. The molecule has 0 aliphatic heterocycles. The molecule has 1 N–H and O–H groups in total. The zero-order valence-electron chi connectivity index (χ0n) is 14.8. The third kappa shape index (κ3) is 3.83. The second kappa shape index (κ2) is 7.53. The molecule has 0 spiro atoms. The number of aromatic amines is 1. The molecule has 1 aromatic carbocycles. The number of ether oxygens (including phenoxy) is 1. The van der Waals surface area contributed by atoms with E-state index in [1.54, 1.807) is 28.6 Å². The molecule has 0 bridgehead atoms. The fourth-order valence-electron chi connectivity index (χ4n) is 2.43. The van der Waals surface area contributed by atoms with Crippen LogP contribution in [0.5, 0.6) is 0 Å². The van der Waals surface area contributed by atoms with Crippen LogP contribution < -0.4 is 4.90 Å². The average Bonchev–Trinajstić information content (AvgIpc) is 3.28. The summed E-state index contributed by atoms with van der Waals surface area (Å²) >= 11 is 1.33. The van der Waals surface area contributed by atoms with Crippen LogP contribution in [0.1, 0.15) is 34.2 Å². The van der Waals surface area contributed by atoms with Gasteiger partial charge in [-0.2, -0.15) is 0 Å². The van der Waals surface area contributed by atoms with E-state index in [-0.39, 0.29) is 12.5 Å². The standard InChI is InChI=1S/C19H19N3O3S/c1-12-6-7-16(9-13(12)2)22(14(3)23)19-21-15(11-26-19)10-25-18(24)17-5-4-8-20-17/h4-9,11,20H,10H2,1-3H3. The molecule has 2 heterocycles. The van der Waals surface area contributed by atoms with Gasteiger partial charge in [0.25, 0.3) is 0 Å². The first-order chi connectivity index (χ1) is 12.5. The number of hydrogen-bond acceptors (Lipinski definition) is 5. The molecule has 0 fully saturated rings. The number of aryl methyl sites for hydroxylation is 2. The maximum absolute atomic E-state index is 12.2. The molecule has 0 aliphatic carbocycles.